The molecule has 0 aliphatic carbocycles. The van der Waals surface area contributed by atoms with Crippen molar-refractivity contribution in [2.45, 2.75) is 78.0 Å². The number of ether oxygens (including phenoxy) is 1. The van der Waals surface area contributed by atoms with Gasteiger partial charge in [0.1, 0.15) is 0 Å². The van der Waals surface area contributed by atoms with Gasteiger partial charge in [-0.2, -0.15) is 0 Å². The van der Waals surface area contributed by atoms with Crippen molar-refractivity contribution < 1.29 is 19.1 Å². The summed E-state index contributed by atoms with van der Waals surface area (Å²) in [6.45, 7) is 8.77. The number of aryl methyl sites for hydroxylation is 1. The van der Waals surface area contributed by atoms with Gasteiger partial charge in [0.05, 0.1) is 5.92 Å². The number of carbonyl (C=O) groups excluding carboxylic acids is 3. The highest BCUT2D eigenvalue weighted by molar-refractivity contribution is 5.95. The van der Waals surface area contributed by atoms with Crippen molar-refractivity contribution in [2.24, 2.45) is 5.92 Å². The van der Waals surface area contributed by atoms with Gasteiger partial charge < -0.3 is 14.5 Å². The van der Waals surface area contributed by atoms with Gasteiger partial charge in [-0.15, -0.1) is 0 Å². The molecule has 0 radical (unpaired) electrons. The maximum absolute atomic E-state index is 12.9. The van der Waals surface area contributed by atoms with Gasteiger partial charge in [0.15, 0.2) is 6.10 Å². The molecule has 3 unspecified atom stereocenters. The number of carbonyl (C=O) groups is 3. The van der Waals surface area contributed by atoms with Crippen molar-refractivity contribution in [3.63, 3.8) is 0 Å². The number of piperidine rings is 2. The summed E-state index contributed by atoms with van der Waals surface area (Å²) in [5.41, 5.74) is 1.67. The number of amides is 2. The van der Waals surface area contributed by atoms with Crippen LogP contribution in [-0.2, 0) is 14.3 Å². The quantitative estimate of drug-likeness (QED) is 0.707. The van der Waals surface area contributed by atoms with E-state index in [1.165, 1.54) is 0 Å². The van der Waals surface area contributed by atoms with Gasteiger partial charge in [-0.3, -0.25) is 14.4 Å². The topological polar surface area (TPSA) is 66.9 Å². The summed E-state index contributed by atoms with van der Waals surface area (Å²) in [6.07, 6.45) is 3.46. The largest absolute Gasteiger partial charge is 0.452 e. The third-order valence-electron chi connectivity index (χ3n) is 6.58. The summed E-state index contributed by atoms with van der Waals surface area (Å²) < 4.78 is 5.57. The van der Waals surface area contributed by atoms with E-state index in [9.17, 15) is 14.4 Å². The van der Waals surface area contributed by atoms with E-state index in [-0.39, 0.29) is 35.8 Å². The second-order valence-corrected chi connectivity index (χ2v) is 8.83. The standard InChI is InChI=1S/C24H34N2O4/c1-16-8-5-6-11-21(16)23(28)25-14-12-20(13-15-25)24(29)30-19(4)22(27)26-17(2)9-7-10-18(26)3/h5-6,8,11,17-20H,7,9-10,12-15H2,1-4H3. The Morgan fingerprint density at radius 1 is 1.00 bits per heavy atom. The van der Waals surface area contributed by atoms with E-state index in [0.717, 1.165) is 24.8 Å². The predicted octanol–water partition coefficient (Wildman–Crippen LogP) is 3.57. The molecule has 6 nitrogen and oxygen atoms in total. The lowest BCUT2D eigenvalue weighted by Gasteiger charge is -2.40. The summed E-state index contributed by atoms with van der Waals surface area (Å²) in [7, 11) is 0. The van der Waals surface area contributed by atoms with Crippen molar-refractivity contribution in [1.82, 2.24) is 9.80 Å². The Morgan fingerprint density at radius 2 is 1.60 bits per heavy atom. The van der Waals surface area contributed by atoms with Gasteiger partial charge in [0, 0.05) is 30.7 Å². The first kappa shape index (κ1) is 22.3. The first-order chi connectivity index (χ1) is 14.3. The highest BCUT2D eigenvalue weighted by atomic mass is 16.5. The Bertz CT molecular complexity index is 775. The average Bonchev–Trinajstić information content (AvgIpc) is 2.73. The van der Waals surface area contributed by atoms with Gasteiger partial charge >= 0.3 is 5.97 Å². The fourth-order valence-corrected chi connectivity index (χ4v) is 4.69. The Balaban J connectivity index is 1.52. The number of benzene rings is 1. The molecule has 3 atom stereocenters. The van der Waals surface area contributed by atoms with Crippen molar-refractivity contribution in [3.05, 3.63) is 35.4 Å². The molecule has 1 aromatic rings. The van der Waals surface area contributed by atoms with Gasteiger partial charge in [-0.25, -0.2) is 0 Å². The molecule has 6 heteroatoms. The maximum Gasteiger partial charge on any atom is 0.309 e. The third kappa shape index (κ3) is 4.85. The summed E-state index contributed by atoms with van der Waals surface area (Å²) in [5, 5.41) is 0. The zero-order valence-electron chi connectivity index (χ0n) is 18.6. The monoisotopic (exact) mass is 414 g/mol. The minimum absolute atomic E-state index is 0.0107. The van der Waals surface area contributed by atoms with Crippen LogP contribution in [0.3, 0.4) is 0 Å². The zero-order chi connectivity index (χ0) is 21.8. The van der Waals surface area contributed by atoms with Gasteiger partial charge in [-0.05, 0) is 71.4 Å². The van der Waals surface area contributed by atoms with Crippen molar-refractivity contribution >= 4 is 17.8 Å². The molecule has 2 heterocycles. The number of nitrogens with zero attached hydrogens (tertiary/aromatic N) is 2. The molecule has 2 aliphatic heterocycles. The van der Waals surface area contributed by atoms with Crippen LogP contribution in [0, 0.1) is 12.8 Å². The lowest BCUT2D eigenvalue weighted by molar-refractivity contribution is -0.166. The fourth-order valence-electron chi connectivity index (χ4n) is 4.69. The van der Waals surface area contributed by atoms with Crippen molar-refractivity contribution in [1.29, 1.82) is 0 Å². The zero-order valence-corrected chi connectivity index (χ0v) is 18.6. The van der Waals surface area contributed by atoms with Gasteiger partial charge in [0.2, 0.25) is 0 Å². The normalized spacial score (nSPS) is 23.7. The number of hydrogen-bond donors (Lipinski definition) is 0. The minimum Gasteiger partial charge on any atom is -0.452 e. The highest BCUT2D eigenvalue weighted by Crippen LogP contribution is 2.25. The molecular formula is C24H34N2O4. The van der Waals surface area contributed by atoms with Crippen LogP contribution < -0.4 is 0 Å². The molecule has 0 saturated carbocycles. The van der Waals surface area contributed by atoms with Gasteiger partial charge in [0.25, 0.3) is 11.8 Å². The molecule has 1 aromatic carbocycles. The molecule has 3 rings (SSSR count). The summed E-state index contributed by atoms with van der Waals surface area (Å²) >= 11 is 0. The third-order valence-corrected chi connectivity index (χ3v) is 6.58. The second kappa shape index (κ2) is 9.63. The molecule has 2 fully saturated rings. The Morgan fingerprint density at radius 3 is 2.20 bits per heavy atom. The van der Waals surface area contributed by atoms with Crippen LogP contribution in [0.1, 0.15) is 68.8 Å². The van der Waals surface area contributed by atoms with E-state index >= 15 is 0 Å². The average molecular weight is 415 g/mol. The highest BCUT2D eigenvalue weighted by Gasteiger charge is 2.35. The van der Waals surface area contributed by atoms with E-state index in [4.69, 9.17) is 4.74 Å². The first-order valence-corrected chi connectivity index (χ1v) is 11.2. The predicted molar refractivity (Wildman–Crippen MR) is 115 cm³/mol. The molecule has 2 saturated heterocycles. The first-order valence-electron chi connectivity index (χ1n) is 11.2. The van der Waals surface area contributed by atoms with Crippen LogP contribution >= 0.6 is 0 Å². The van der Waals surface area contributed by atoms with Crippen LogP contribution in [-0.4, -0.2) is 58.9 Å². The van der Waals surface area contributed by atoms with E-state index in [1.54, 1.807) is 11.8 Å². The van der Waals surface area contributed by atoms with Crippen LogP contribution in [0.5, 0.6) is 0 Å². The fraction of sp³-hybridized carbons (Fsp3) is 0.625. The summed E-state index contributed by atoms with van der Waals surface area (Å²) in [4.78, 5) is 42.0. The van der Waals surface area contributed by atoms with Crippen LogP contribution in [0.15, 0.2) is 24.3 Å². The van der Waals surface area contributed by atoms with Crippen LogP contribution in [0.4, 0.5) is 0 Å². The Labute approximate surface area is 179 Å². The minimum atomic E-state index is -0.771. The van der Waals surface area contributed by atoms with E-state index in [1.807, 2.05) is 36.1 Å². The molecule has 2 aliphatic rings. The molecule has 0 aromatic heterocycles. The van der Waals surface area contributed by atoms with E-state index in [2.05, 4.69) is 13.8 Å². The summed E-state index contributed by atoms with van der Waals surface area (Å²) in [6, 6.07) is 7.92. The SMILES string of the molecule is Cc1ccccc1C(=O)N1CCC(C(=O)OC(C)C(=O)N2C(C)CCCC2C)CC1. The second-order valence-electron chi connectivity index (χ2n) is 8.83. The van der Waals surface area contributed by atoms with E-state index in [0.29, 0.717) is 31.5 Å². The molecular weight excluding hydrogens is 380 g/mol. The molecule has 2 amide bonds. The van der Waals surface area contributed by atoms with E-state index < -0.39 is 6.10 Å². The van der Waals surface area contributed by atoms with Crippen molar-refractivity contribution in [3.8, 4) is 0 Å². The Hall–Kier alpha value is -2.37. The maximum atomic E-state index is 12.9. The lowest BCUT2D eigenvalue weighted by atomic mass is 9.95. The molecule has 0 spiro atoms. The Kier molecular flexibility index (Phi) is 7.16. The summed E-state index contributed by atoms with van der Waals surface area (Å²) in [5.74, 6) is -0.680. The van der Waals surface area contributed by atoms with Gasteiger partial charge in [-0.1, -0.05) is 18.2 Å². The number of likely N-dealkylation sites (tertiary alicyclic amines) is 2. The smallest absolute Gasteiger partial charge is 0.309 e. The van der Waals surface area contributed by atoms with Crippen LogP contribution in [0.25, 0.3) is 0 Å². The number of rotatable bonds is 4. The lowest BCUT2D eigenvalue weighted by Crippen LogP contribution is -2.52. The molecule has 0 bridgehead atoms. The number of esters is 1. The number of hydrogen-bond acceptors (Lipinski definition) is 4. The molecule has 164 valence electrons. The van der Waals surface area contributed by atoms with Crippen LogP contribution in [0.2, 0.25) is 0 Å². The molecule has 0 N–H and O–H groups in total. The molecule has 30 heavy (non-hydrogen) atoms. The van der Waals surface area contributed by atoms with Crippen molar-refractivity contribution in [2.75, 3.05) is 13.1 Å².